The van der Waals surface area contributed by atoms with Gasteiger partial charge in [0.1, 0.15) is 0 Å². The molecule has 0 N–H and O–H groups in total. The molecule has 1 heterocycles. The van der Waals surface area contributed by atoms with Gasteiger partial charge in [-0.15, -0.1) is 0 Å². The lowest BCUT2D eigenvalue weighted by atomic mass is 9.77. The molecule has 0 aromatic heterocycles. The molecule has 2 rings (SSSR count). The lowest BCUT2D eigenvalue weighted by Crippen LogP contribution is -2.41. The molecule has 0 spiro atoms. The highest BCUT2D eigenvalue weighted by atomic mass is 79.9. The van der Waals surface area contributed by atoms with E-state index < -0.39 is 0 Å². The van der Waals surface area contributed by atoms with Gasteiger partial charge in [0.25, 0.3) is 0 Å². The molecule has 0 radical (unpaired) electrons. The molecule has 1 aliphatic rings. The lowest BCUT2D eigenvalue weighted by Gasteiger charge is -2.32. The molecule has 1 aromatic rings. The molecule has 1 aliphatic heterocycles. The van der Waals surface area contributed by atoms with E-state index in [4.69, 9.17) is 9.31 Å². The third kappa shape index (κ3) is 2.83. The topological polar surface area (TPSA) is 18.5 Å². The van der Waals surface area contributed by atoms with Crippen LogP contribution in [0.3, 0.4) is 0 Å². The van der Waals surface area contributed by atoms with Gasteiger partial charge in [-0.05, 0) is 50.2 Å². The van der Waals surface area contributed by atoms with Crippen LogP contribution in [0.25, 0.3) is 0 Å². The summed E-state index contributed by atoms with van der Waals surface area (Å²) in [5.74, 6) is 0. The number of rotatable bonds is 1. The van der Waals surface area contributed by atoms with Gasteiger partial charge in [0.2, 0.25) is 0 Å². The van der Waals surface area contributed by atoms with E-state index in [0.29, 0.717) is 0 Å². The highest BCUT2D eigenvalue weighted by Crippen LogP contribution is 2.37. The van der Waals surface area contributed by atoms with E-state index in [-0.39, 0.29) is 23.7 Å². The van der Waals surface area contributed by atoms with E-state index in [2.05, 4.69) is 82.6 Å². The molecule has 4 heteroatoms. The number of benzene rings is 1. The summed E-state index contributed by atoms with van der Waals surface area (Å²) in [5.41, 5.74) is 1.87. The molecular weight excluding hydrogens is 315 g/mol. The van der Waals surface area contributed by atoms with E-state index in [1.54, 1.807) is 0 Å². The number of halogens is 1. The molecule has 2 nitrogen and oxygen atoms in total. The standard InChI is InChI=1S/C16H24BBrO2/c1-14(2,3)11-8-9-12(13(18)10-11)17-19-15(4,5)16(6,7)20-17/h8-10H,1-7H3. The van der Waals surface area contributed by atoms with E-state index in [1.807, 2.05) is 0 Å². The Hall–Kier alpha value is -0.315. The number of hydrogen-bond acceptors (Lipinski definition) is 2. The van der Waals surface area contributed by atoms with Crippen molar-refractivity contribution in [1.82, 2.24) is 0 Å². The van der Waals surface area contributed by atoms with Crippen molar-refractivity contribution in [2.45, 2.75) is 65.1 Å². The van der Waals surface area contributed by atoms with E-state index in [1.165, 1.54) is 5.56 Å². The van der Waals surface area contributed by atoms with Gasteiger partial charge in [-0.2, -0.15) is 0 Å². The largest absolute Gasteiger partial charge is 0.495 e. The van der Waals surface area contributed by atoms with Gasteiger partial charge in [-0.3, -0.25) is 0 Å². The van der Waals surface area contributed by atoms with Crippen LogP contribution in [0, 0.1) is 0 Å². The first-order valence-corrected chi connectivity index (χ1v) is 7.89. The fraction of sp³-hybridized carbons (Fsp3) is 0.625. The predicted molar refractivity (Wildman–Crippen MR) is 88.6 cm³/mol. The fourth-order valence-electron chi connectivity index (χ4n) is 2.15. The Morgan fingerprint density at radius 2 is 1.50 bits per heavy atom. The zero-order valence-corrected chi connectivity index (χ0v) is 15.1. The zero-order valence-electron chi connectivity index (χ0n) is 13.5. The molecule has 0 atom stereocenters. The summed E-state index contributed by atoms with van der Waals surface area (Å²) in [6, 6.07) is 6.43. The van der Waals surface area contributed by atoms with Crippen LogP contribution < -0.4 is 5.46 Å². The summed E-state index contributed by atoms with van der Waals surface area (Å²) in [4.78, 5) is 0. The molecule has 110 valence electrons. The Bertz CT molecular complexity index is 502. The molecule has 1 saturated heterocycles. The summed E-state index contributed by atoms with van der Waals surface area (Å²) >= 11 is 3.66. The second-order valence-corrected chi connectivity index (χ2v) is 8.43. The molecule has 0 unspecified atom stereocenters. The van der Waals surface area contributed by atoms with Gasteiger partial charge in [0, 0.05) is 4.47 Å². The summed E-state index contributed by atoms with van der Waals surface area (Å²) < 4.78 is 13.3. The minimum absolute atomic E-state index is 0.136. The van der Waals surface area contributed by atoms with Gasteiger partial charge in [-0.25, -0.2) is 0 Å². The first-order valence-electron chi connectivity index (χ1n) is 7.10. The van der Waals surface area contributed by atoms with Crippen molar-refractivity contribution in [3.63, 3.8) is 0 Å². The van der Waals surface area contributed by atoms with Crippen LogP contribution >= 0.6 is 15.9 Å². The summed E-state index contributed by atoms with van der Waals surface area (Å²) in [6.45, 7) is 14.9. The Balaban J connectivity index is 2.33. The minimum atomic E-state index is -0.316. The zero-order chi connectivity index (χ0) is 15.3. The van der Waals surface area contributed by atoms with Crippen molar-refractivity contribution in [2.75, 3.05) is 0 Å². The van der Waals surface area contributed by atoms with Crippen LogP contribution in [-0.2, 0) is 14.7 Å². The maximum atomic E-state index is 6.10. The summed E-state index contributed by atoms with van der Waals surface area (Å²) in [7, 11) is -0.316. The highest BCUT2D eigenvalue weighted by molar-refractivity contribution is 9.10. The van der Waals surface area contributed by atoms with Crippen molar-refractivity contribution in [3.8, 4) is 0 Å². The van der Waals surface area contributed by atoms with Crippen molar-refractivity contribution in [1.29, 1.82) is 0 Å². The average Bonchev–Trinajstić information content (AvgIpc) is 2.46. The quantitative estimate of drug-likeness (QED) is 0.719. The maximum absolute atomic E-state index is 6.10. The van der Waals surface area contributed by atoms with E-state index in [0.717, 1.165) is 9.94 Å². The average molecular weight is 339 g/mol. The minimum Gasteiger partial charge on any atom is -0.399 e. The van der Waals surface area contributed by atoms with Crippen molar-refractivity contribution >= 4 is 28.5 Å². The first-order chi connectivity index (χ1) is 8.94. The first kappa shape index (κ1) is 16.1. The van der Waals surface area contributed by atoms with E-state index in [9.17, 15) is 0 Å². The monoisotopic (exact) mass is 338 g/mol. The van der Waals surface area contributed by atoms with Crippen LogP contribution in [0.5, 0.6) is 0 Å². The summed E-state index contributed by atoms with van der Waals surface area (Å²) in [5, 5.41) is 0. The summed E-state index contributed by atoms with van der Waals surface area (Å²) in [6.07, 6.45) is 0. The van der Waals surface area contributed by atoms with Gasteiger partial charge >= 0.3 is 7.12 Å². The van der Waals surface area contributed by atoms with Gasteiger partial charge in [0.05, 0.1) is 11.2 Å². The van der Waals surface area contributed by atoms with Crippen molar-refractivity contribution < 1.29 is 9.31 Å². The maximum Gasteiger partial charge on any atom is 0.495 e. The van der Waals surface area contributed by atoms with Crippen LogP contribution in [0.1, 0.15) is 54.0 Å². The highest BCUT2D eigenvalue weighted by Gasteiger charge is 2.52. The normalized spacial score (nSPS) is 21.3. The van der Waals surface area contributed by atoms with Gasteiger partial charge in [0.15, 0.2) is 0 Å². The third-order valence-electron chi connectivity index (χ3n) is 4.37. The van der Waals surface area contributed by atoms with Crippen molar-refractivity contribution in [3.05, 3.63) is 28.2 Å². The second-order valence-electron chi connectivity index (χ2n) is 7.57. The lowest BCUT2D eigenvalue weighted by molar-refractivity contribution is 0.00578. The molecular formula is C16H24BBrO2. The van der Waals surface area contributed by atoms with Gasteiger partial charge < -0.3 is 9.31 Å². The molecule has 0 saturated carbocycles. The Morgan fingerprint density at radius 1 is 1.00 bits per heavy atom. The smallest absolute Gasteiger partial charge is 0.399 e. The molecule has 0 aliphatic carbocycles. The van der Waals surface area contributed by atoms with Crippen LogP contribution in [0.15, 0.2) is 22.7 Å². The van der Waals surface area contributed by atoms with Gasteiger partial charge in [-0.1, -0.05) is 48.8 Å². The van der Waals surface area contributed by atoms with Crippen LogP contribution in [0.2, 0.25) is 0 Å². The predicted octanol–water partition coefficient (Wildman–Crippen LogP) is 4.05. The molecule has 0 bridgehead atoms. The fourth-order valence-corrected chi connectivity index (χ4v) is 2.72. The molecule has 20 heavy (non-hydrogen) atoms. The SMILES string of the molecule is CC(C)(C)c1ccc(B2OC(C)(C)C(C)(C)O2)c(Br)c1. The Morgan fingerprint density at radius 3 is 1.90 bits per heavy atom. The molecule has 1 aromatic carbocycles. The van der Waals surface area contributed by atoms with E-state index >= 15 is 0 Å². The second kappa shape index (κ2) is 4.86. The molecule has 1 fully saturated rings. The Kier molecular flexibility index (Phi) is 3.90. The van der Waals surface area contributed by atoms with Crippen LogP contribution in [-0.4, -0.2) is 18.3 Å². The number of hydrogen-bond donors (Lipinski definition) is 0. The third-order valence-corrected chi connectivity index (χ3v) is 5.06. The van der Waals surface area contributed by atoms with Crippen molar-refractivity contribution in [2.24, 2.45) is 0 Å². The Labute approximate surface area is 131 Å². The van der Waals surface area contributed by atoms with Crippen LogP contribution in [0.4, 0.5) is 0 Å². The molecule has 0 amide bonds.